The molecule has 1 aliphatic rings. The van der Waals surface area contributed by atoms with Crippen molar-refractivity contribution in [3.05, 3.63) is 71.8 Å². The first kappa shape index (κ1) is 27.0. The van der Waals surface area contributed by atoms with E-state index in [1.165, 1.54) is 0 Å². The minimum atomic E-state index is -2.23. The summed E-state index contributed by atoms with van der Waals surface area (Å²) >= 11 is 0. The summed E-state index contributed by atoms with van der Waals surface area (Å²) in [7, 11) is -0.640. The van der Waals surface area contributed by atoms with Gasteiger partial charge in [0, 0.05) is 7.11 Å². The zero-order valence-corrected chi connectivity index (χ0v) is 22.3. The summed E-state index contributed by atoms with van der Waals surface area (Å²) in [5.74, 6) is 0. The molecule has 5 atom stereocenters. The summed E-state index contributed by atoms with van der Waals surface area (Å²) in [5, 5.41) is 10.2. The van der Waals surface area contributed by atoms with E-state index < -0.39 is 39.0 Å². The van der Waals surface area contributed by atoms with Crippen molar-refractivity contribution >= 4 is 8.32 Å². The van der Waals surface area contributed by atoms with Gasteiger partial charge in [-0.3, -0.25) is 0 Å². The van der Waals surface area contributed by atoms with Crippen LogP contribution in [0.15, 0.2) is 60.7 Å². The molecule has 1 fully saturated rings. The lowest BCUT2D eigenvalue weighted by molar-refractivity contribution is -0.310. The van der Waals surface area contributed by atoms with Crippen molar-refractivity contribution in [2.24, 2.45) is 0 Å². The maximum atomic E-state index is 10.2. The Balaban J connectivity index is 1.91. The third-order valence-electron chi connectivity index (χ3n) is 6.81. The second-order valence-corrected chi connectivity index (χ2v) is 15.1. The normalized spacial score (nSPS) is 25.9. The highest BCUT2D eigenvalue weighted by Crippen LogP contribution is 2.40. The van der Waals surface area contributed by atoms with Gasteiger partial charge in [-0.25, -0.2) is 0 Å². The first-order chi connectivity index (χ1) is 16.2. The first-order valence-electron chi connectivity index (χ1n) is 11.9. The van der Waals surface area contributed by atoms with Gasteiger partial charge in [-0.1, -0.05) is 81.4 Å². The first-order valence-corrected chi connectivity index (χ1v) is 14.8. The standard InChI is InChI=1S/C27H40O6Si/c1-27(2,3)34(5,6)33-24-23(30-18-20-13-9-7-10-14-20)22(17-28)32-26(29-4)25(24)31-19-21-15-11-8-12-16-21/h7-16,22-26,28H,17-19H2,1-6H3/t22-,23-,24+,25-,26-/m1/s1. The number of rotatable bonds is 10. The monoisotopic (exact) mass is 488 g/mol. The minimum absolute atomic E-state index is 0.0173. The van der Waals surface area contributed by atoms with Crippen molar-refractivity contribution < 1.29 is 28.5 Å². The molecule has 0 bridgehead atoms. The molecule has 0 aromatic heterocycles. The molecule has 0 radical (unpaired) electrons. The van der Waals surface area contributed by atoms with Crippen LogP contribution in [0.1, 0.15) is 31.9 Å². The number of methoxy groups -OCH3 is 1. The molecule has 0 aliphatic carbocycles. The zero-order valence-electron chi connectivity index (χ0n) is 21.3. The molecule has 0 saturated carbocycles. The van der Waals surface area contributed by atoms with E-state index in [1.807, 2.05) is 60.7 Å². The van der Waals surface area contributed by atoms with Crippen molar-refractivity contribution in [2.75, 3.05) is 13.7 Å². The molecule has 7 heteroatoms. The Morgan fingerprint density at radius 2 is 1.32 bits per heavy atom. The molecule has 2 aromatic carbocycles. The molecule has 2 aromatic rings. The molecule has 1 saturated heterocycles. The largest absolute Gasteiger partial charge is 0.408 e. The molecule has 0 unspecified atom stereocenters. The fourth-order valence-electron chi connectivity index (χ4n) is 3.78. The van der Waals surface area contributed by atoms with E-state index in [-0.39, 0.29) is 11.6 Å². The molecule has 3 rings (SSSR count). The van der Waals surface area contributed by atoms with Gasteiger partial charge >= 0.3 is 0 Å². The van der Waals surface area contributed by atoms with E-state index in [0.717, 1.165) is 11.1 Å². The second kappa shape index (κ2) is 11.9. The van der Waals surface area contributed by atoms with E-state index >= 15 is 0 Å². The summed E-state index contributed by atoms with van der Waals surface area (Å²) in [6, 6.07) is 20.0. The lowest BCUT2D eigenvalue weighted by atomic mass is 9.98. The molecule has 1 N–H and O–H groups in total. The third-order valence-corrected chi connectivity index (χ3v) is 11.3. The molecule has 188 valence electrons. The highest BCUT2D eigenvalue weighted by molar-refractivity contribution is 6.74. The van der Waals surface area contributed by atoms with Crippen molar-refractivity contribution in [3.8, 4) is 0 Å². The van der Waals surface area contributed by atoms with Crippen LogP contribution in [0, 0.1) is 0 Å². The number of aliphatic hydroxyl groups excluding tert-OH is 1. The Morgan fingerprint density at radius 1 is 0.824 bits per heavy atom. The van der Waals surface area contributed by atoms with Gasteiger partial charge in [0.2, 0.25) is 0 Å². The molecule has 6 nitrogen and oxygen atoms in total. The van der Waals surface area contributed by atoms with Crippen LogP contribution < -0.4 is 0 Å². The molecular weight excluding hydrogens is 448 g/mol. The lowest BCUT2D eigenvalue weighted by Gasteiger charge is -2.49. The fraction of sp³-hybridized carbons (Fsp3) is 0.556. The molecule has 34 heavy (non-hydrogen) atoms. The van der Waals surface area contributed by atoms with Crippen LogP contribution in [0.25, 0.3) is 0 Å². The van der Waals surface area contributed by atoms with Gasteiger partial charge in [0.05, 0.1) is 19.8 Å². The molecule has 0 amide bonds. The van der Waals surface area contributed by atoms with Gasteiger partial charge < -0.3 is 28.5 Å². The smallest absolute Gasteiger partial charge is 0.192 e. The number of aliphatic hydroxyl groups is 1. The quantitative estimate of drug-likeness (QED) is 0.479. The van der Waals surface area contributed by atoms with E-state index in [2.05, 4.69) is 33.9 Å². The maximum Gasteiger partial charge on any atom is 0.192 e. The van der Waals surface area contributed by atoms with Crippen LogP contribution in [0.4, 0.5) is 0 Å². The van der Waals surface area contributed by atoms with Crippen molar-refractivity contribution in [1.29, 1.82) is 0 Å². The number of hydrogen-bond donors (Lipinski definition) is 1. The van der Waals surface area contributed by atoms with E-state index in [4.69, 9.17) is 23.4 Å². The number of ether oxygens (including phenoxy) is 4. The highest BCUT2D eigenvalue weighted by atomic mass is 28.4. The predicted molar refractivity (Wildman–Crippen MR) is 135 cm³/mol. The average Bonchev–Trinajstić information content (AvgIpc) is 2.82. The highest BCUT2D eigenvalue weighted by Gasteiger charge is 2.52. The van der Waals surface area contributed by atoms with Crippen molar-refractivity contribution in [2.45, 2.75) is 82.8 Å². The molecular formula is C27H40O6Si. The Kier molecular flexibility index (Phi) is 9.46. The predicted octanol–water partition coefficient (Wildman–Crippen LogP) is 4.91. The van der Waals surface area contributed by atoms with Gasteiger partial charge in [0.25, 0.3) is 0 Å². The Hall–Kier alpha value is -1.58. The van der Waals surface area contributed by atoms with Gasteiger partial charge in [0.15, 0.2) is 14.6 Å². The Labute approximate surface area is 205 Å². The van der Waals surface area contributed by atoms with Gasteiger partial charge in [-0.15, -0.1) is 0 Å². The van der Waals surface area contributed by atoms with Gasteiger partial charge in [-0.2, -0.15) is 0 Å². The second-order valence-electron chi connectivity index (χ2n) is 10.3. The zero-order chi connectivity index (χ0) is 24.8. The van der Waals surface area contributed by atoms with Crippen LogP contribution in [0.5, 0.6) is 0 Å². The summed E-state index contributed by atoms with van der Waals surface area (Å²) in [6.07, 6.45) is -2.80. The molecule has 1 heterocycles. The minimum Gasteiger partial charge on any atom is -0.408 e. The van der Waals surface area contributed by atoms with Crippen LogP contribution in [-0.4, -0.2) is 57.8 Å². The molecule has 1 aliphatic heterocycles. The third kappa shape index (κ3) is 6.76. The van der Waals surface area contributed by atoms with Gasteiger partial charge in [0.1, 0.15) is 24.4 Å². The summed E-state index contributed by atoms with van der Waals surface area (Å²) < 4.78 is 31.5. The van der Waals surface area contributed by atoms with E-state index in [0.29, 0.717) is 13.2 Å². The Bertz CT molecular complexity index is 797. The number of benzene rings is 2. The van der Waals surface area contributed by atoms with Crippen LogP contribution in [0.3, 0.4) is 0 Å². The topological polar surface area (TPSA) is 66.4 Å². The summed E-state index contributed by atoms with van der Waals surface area (Å²) in [5.41, 5.74) is 2.09. The summed E-state index contributed by atoms with van der Waals surface area (Å²) in [6.45, 7) is 11.6. The molecule has 0 spiro atoms. The van der Waals surface area contributed by atoms with Crippen molar-refractivity contribution in [3.63, 3.8) is 0 Å². The fourth-order valence-corrected chi connectivity index (χ4v) is 5.08. The SMILES string of the molecule is CO[C@@H]1O[C@H](CO)[C@@H](OCc2ccccc2)[C@H](O[Si](C)(C)C(C)(C)C)[C@H]1OCc1ccccc1. The number of hydrogen-bond acceptors (Lipinski definition) is 6. The van der Waals surface area contributed by atoms with Crippen LogP contribution in [-0.2, 0) is 36.6 Å². The maximum absolute atomic E-state index is 10.2. The van der Waals surface area contributed by atoms with E-state index in [1.54, 1.807) is 7.11 Å². The summed E-state index contributed by atoms with van der Waals surface area (Å²) in [4.78, 5) is 0. The van der Waals surface area contributed by atoms with Crippen molar-refractivity contribution in [1.82, 2.24) is 0 Å². The van der Waals surface area contributed by atoms with Crippen LogP contribution >= 0.6 is 0 Å². The van der Waals surface area contributed by atoms with E-state index in [9.17, 15) is 5.11 Å². The van der Waals surface area contributed by atoms with Gasteiger partial charge in [-0.05, 0) is 29.3 Å². The van der Waals surface area contributed by atoms with Crippen LogP contribution in [0.2, 0.25) is 18.1 Å². The lowest BCUT2D eigenvalue weighted by Crippen LogP contribution is -2.64. The Morgan fingerprint density at radius 3 is 1.76 bits per heavy atom. The average molecular weight is 489 g/mol.